The number of fused-ring (bicyclic) bond motifs is 1. The first kappa shape index (κ1) is 18.7. The molecule has 0 saturated carbocycles. The molecule has 0 aliphatic heterocycles. The van der Waals surface area contributed by atoms with Crippen molar-refractivity contribution in [1.82, 2.24) is 9.30 Å². The van der Waals surface area contributed by atoms with Gasteiger partial charge >= 0.3 is 0 Å². The zero-order valence-electron chi connectivity index (χ0n) is 15.6. The highest BCUT2D eigenvalue weighted by Crippen LogP contribution is 2.23. The Hall–Kier alpha value is -3.12. The van der Waals surface area contributed by atoms with Gasteiger partial charge in [0.2, 0.25) is 11.8 Å². The summed E-state index contributed by atoms with van der Waals surface area (Å²) in [6.07, 6.45) is 3.68. The molecular weight excluding hydrogens is 340 g/mol. The second-order valence-corrected chi connectivity index (χ2v) is 6.43. The maximum absolute atomic E-state index is 12.1. The van der Waals surface area contributed by atoms with E-state index in [1.165, 1.54) is 0 Å². The first-order valence-electron chi connectivity index (χ1n) is 9.04. The molecule has 3 rings (SSSR count). The molecule has 6 heteroatoms. The average molecular weight is 364 g/mol. The minimum absolute atomic E-state index is 0.0146. The number of rotatable bonds is 7. The molecule has 0 spiro atoms. The van der Waals surface area contributed by atoms with Gasteiger partial charge < -0.3 is 15.5 Å². The Morgan fingerprint density at radius 2 is 1.67 bits per heavy atom. The highest BCUT2D eigenvalue weighted by Gasteiger charge is 2.09. The molecule has 0 unspecified atom stereocenters. The van der Waals surface area contributed by atoms with Crippen LogP contribution in [0.2, 0.25) is 0 Å². The van der Waals surface area contributed by atoms with E-state index in [-0.39, 0.29) is 5.91 Å². The number of pyridine rings is 1. The number of aromatic nitrogens is 1. The Labute approximate surface area is 158 Å². The Bertz CT molecular complexity index is 956. The largest absolute Gasteiger partial charge is 0.366 e. The van der Waals surface area contributed by atoms with Crippen molar-refractivity contribution in [3.05, 3.63) is 60.4 Å². The molecule has 1 aromatic carbocycles. The summed E-state index contributed by atoms with van der Waals surface area (Å²) in [5, 5.41) is 2.93. The van der Waals surface area contributed by atoms with Crippen LogP contribution in [0.3, 0.4) is 0 Å². The third-order valence-electron chi connectivity index (χ3n) is 4.64. The maximum atomic E-state index is 12.1. The van der Waals surface area contributed by atoms with Crippen molar-refractivity contribution in [2.75, 3.05) is 25.0 Å². The summed E-state index contributed by atoms with van der Waals surface area (Å²) in [6.45, 7) is 6.17. The smallest absolute Gasteiger partial charge is 0.250 e. The van der Waals surface area contributed by atoms with Gasteiger partial charge in [0.15, 0.2) is 0 Å². The van der Waals surface area contributed by atoms with E-state index in [2.05, 4.69) is 10.2 Å². The highest BCUT2D eigenvalue weighted by atomic mass is 16.2. The van der Waals surface area contributed by atoms with Crippen LogP contribution in [-0.4, -0.2) is 40.7 Å². The van der Waals surface area contributed by atoms with E-state index >= 15 is 0 Å². The molecule has 0 fully saturated rings. The normalized spacial score (nSPS) is 11.1. The van der Waals surface area contributed by atoms with Crippen LogP contribution in [-0.2, 0) is 4.79 Å². The molecule has 0 bridgehead atoms. The van der Waals surface area contributed by atoms with Gasteiger partial charge in [0.25, 0.3) is 0 Å². The summed E-state index contributed by atoms with van der Waals surface area (Å²) in [5.41, 5.74) is 9.54. The Kier molecular flexibility index (Phi) is 5.57. The van der Waals surface area contributed by atoms with Gasteiger partial charge in [-0.25, -0.2) is 0 Å². The van der Waals surface area contributed by atoms with Gasteiger partial charge in [-0.2, -0.15) is 0 Å². The van der Waals surface area contributed by atoms with Crippen LogP contribution >= 0.6 is 0 Å². The van der Waals surface area contributed by atoms with Gasteiger partial charge in [-0.05, 0) is 48.5 Å². The zero-order chi connectivity index (χ0) is 19.4. The summed E-state index contributed by atoms with van der Waals surface area (Å²) in [7, 11) is 0. The first-order chi connectivity index (χ1) is 13.0. The molecule has 2 heterocycles. The van der Waals surface area contributed by atoms with Crippen molar-refractivity contribution < 1.29 is 9.59 Å². The third kappa shape index (κ3) is 4.35. The molecule has 0 atom stereocenters. The van der Waals surface area contributed by atoms with Gasteiger partial charge in [0.05, 0.1) is 12.1 Å². The minimum Gasteiger partial charge on any atom is -0.366 e. The molecule has 140 valence electrons. The number of carbonyl (C=O) groups excluding carboxylic acids is 2. The van der Waals surface area contributed by atoms with Crippen LogP contribution in [0.15, 0.2) is 54.9 Å². The Balaban J connectivity index is 1.74. The number of primary amides is 1. The van der Waals surface area contributed by atoms with Crippen molar-refractivity contribution in [2.24, 2.45) is 5.73 Å². The zero-order valence-corrected chi connectivity index (χ0v) is 15.6. The van der Waals surface area contributed by atoms with E-state index < -0.39 is 5.91 Å². The van der Waals surface area contributed by atoms with Gasteiger partial charge in [-0.15, -0.1) is 0 Å². The second kappa shape index (κ2) is 8.05. The van der Waals surface area contributed by atoms with Crippen LogP contribution in [0, 0.1) is 0 Å². The number of benzene rings is 1. The molecule has 3 aromatic rings. The van der Waals surface area contributed by atoms with Crippen molar-refractivity contribution in [2.45, 2.75) is 13.8 Å². The fraction of sp³-hybridized carbons (Fsp3) is 0.238. The lowest BCUT2D eigenvalue weighted by Crippen LogP contribution is -2.32. The Morgan fingerprint density at radius 3 is 2.30 bits per heavy atom. The van der Waals surface area contributed by atoms with Crippen LogP contribution in [0.25, 0.3) is 16.6 Å². The summed E-state index contributed by atoms with van der Waals surface area (Å²) in [6, 6.07) is 13.4. The third-order valence-corrected chi connectivity index (χ3v) is 4.64. The number of nitrogens with zero attached hydrogens (tertiary/aromatic N) is 2. The monoisotopic (exact) mass is 364 g/mol. The van der Waals surface area contributed by atoms with E-state index in [1.54, 1.807) is 12.3 Å². The molecule has 2 aromatic heterocycles. The van der Waals surface area contributed by atoms with E-state index in [0.29, 0.717) is 12.1 Å². The molecule has 0 aliphatic carbocycles. The molecular formula is C21H24N4O2. The molecule has 6 nitrogen and oxygen atoms in total. The molecule has 0 saturated heterocycles. The van der Waals surface area contributed by atoms with Gasteiger partial charge in [-0.3, -0.25) is 14.5 Å². The summed E-state index contributed by atoms with van der Waals surface area (Å²) >= 11 is 0. The second-order valence-electron chi connectivity index (χ2n) is 6.43. The van der Waals surface area contributed by atoms with E-state index in [0.717, 1.165) is 35.4 Å². The fourth-order valence-corrected chi connectivity index (χ4v) is 3.01. The Morgan fingerprint density at radius 1 is 1.00 bits per heavy atom. The summed E-state index contributed by atoms with van der Waals surface area (Å²) < 4.78 is 1.88. The SMILES string of the molecule is CCN(CC)CC(=O)Nc1ccc(-c2ccc3cc(C(N)=O)cn3c2)cc1. The number of hydrogen-bond donors (Lipinski definition) is 2. The van der Waals surface area contributed by atoms with Crippen molar-refractivity contribution in [3.8, 4) is 11.1 Å². The molecule has 0 radical (unpaired) electrons. The minimum atomic E-state index is -0.440. The van der Waals surface area contributed by atoms with Gasteiger partial charge in [0.1, 0.15) is 0 Å². The van der Waals surface area contributed by atoms with Crippen molar-refractivity contribution >= 4 is 23.0 Å². The first-order valence-corrected chi connectivity index (χ1v) is 9.04. The van der Waals surface area contributed by atoms with Gasteiger partial charge in [-0.1, -0.05) is 32.0 Å². The van der Waals surface area contributed by atoms with E-state index in [9.17, 15) is 9.59 Å². The molecule has 2 amide bonds. The lowest BCUT2D eigenvalue weighted by molar-refractivity contribution is -0.117. The summed E-state index contributed by atoms with van der Waals surface area (Å²) in [5.74, 6) is -0.454. The predicted octanol–water partition coefficient (Wildman–Crippen LogP) is 2.99. The topological polar surface area (TPSA) is 79.8 Å². The van der Waals surface area contributed by atoms with E-state index in [4.69, 9.17) is 5.73 Å². The highest BCUT2D eigenvalue weighted by molar-refractivity contribution is 5.94. The molecule has 27 heavy (non-hydrogen) atoms. The number of amides is 2. The fourth-order valence-electron chi connectivity index (χ4n) is 3.01. The number of anilines is 1. The maximum Gasteiger partial charge on any atom is 0.250 e. The number of hydrogen-bond acceptors (Lipinski definition) is 3. The molecule has 0 aliphatic rings. The standard InChI is InChI=1S/C21H24N4O2/c1-3-24(4-2)14-20(26)23-18-8-5-15(6-9-18)16-7-10-19-11-17(21(22)27)13-25(19)12-16/h5-13H,3-4,14H2,1-2H3,(H2,22,27)(H,23,26). The van der Waals surface area contributed by atoms with Crippen LogP contribution in [0.5, 0.6) is 0 Å². The van der Waals surface area contributed by atoms with Crippen molar-refractivity contribution in [1.29, 1.82) is 0 Å². The van der Waals surface area contributed by atoms with Crippen molar-refractivity contribution in [3.63, 3.8) is 0 Å². The summed E-state index contributed by atoms with van der Waals surface area (Å²) in [4.78, 5) is 25.5. The lowest BCUT2D eigenvalue weighted by atomic mass is 10.1. The van der Waals surface area contributed by atoms with Gasteiger partial charge in [0, 0.05) is 23.6 Å². The quantitative estimate of drug-likeness (QED) is 0.676. The number of likely N-dealkylation sites (N-methyl/N-ethyl adjacent to an activating group) is 1. The lowest BCUT2D eigenvalue weighted by Gasteiger charge is -2.17. The predicted molar refractivity (Wildman–Crippen MR) is 108 cm³/mol. The van der Waals surface area contributed by atoms with Crippen LogP contribution in [0.1, 0.15) is 24.2 Å². The van der Waals surface area contributed by atoms with Crippen LogP contribution in [0.4, 0.5) is 5.69 Å². The number of nitrogens with two attached hydrogens (primary N) is 1. The number of carbonyl (C=O) groups is 2. The van der Waals surface area contributed by atoms with E-state index in [1.807, 2.05) is 60.8 Å². The van der Waals surface area contributed by atoms with Crippen LogP contribution < -0.4 is 11.1 Å². The average Bonchev–Trinajstić information content (AvgIpc) is 3.10. The molecule has 3 N–H and O–H groups in total. The number of nitrogens with one attached hydrogen (secondary N) is 1.